The molecule has 0 heterocycles. The van der Waals surface area contributed by atoms with E-state index in [0.29, 0.717) is 0 Å². The average molecular weight is 298 g/mol. The molecule has 0 aromatic heterocycles. The largest absolute Gasteiger partial charge is 0.415 e. The molecule has 1 atom stereocenters. The highest BCUT2D eigenvalue weighted by molar-refractivity contribution is 7.89. The van der Waals surface area contributed by atoms with Gasteiger partial charge in [0, 0.05) is 12.2 Å². The zero-order chi connectivity index (χ0) is 14.8. The molecule has 4 N–H and O–H groups in total. The van der Waals surface area contributed by atoms with Crippen molar-refractivity contribution in [1.82, 2.24) is 4.72 Å². The molecule has 0 bridgehead atoms. The summed E-state index contributed by atoms with van der Waals surface area (Å²) in [6.45, 7) is 0.282. The molecule has 108 valence electrons. The Morgan fingerprint density at radius 2 is 2.00 bits per heavy atom. The molecule has 19 heavy (non-hydrogen) atoms. The van der Waals surface area contributed by atoms with Crippen molar-refractivity contribution >= 4 is 15.7 Å². The van der Waals surface area contributed by atoms with E-state index in [1.807, 2.05) is 0 Å². The van der Waals surface area contributed by atoms with E-state index in [9.17, 15) is 21.6 Å². The maximum absolute atomic E-state index is 12.1. The Balaban J connectivity index is 2.91. The molecule has 0 aliphatic rings. The molecule has 5 nitrogen and oxygen atoms in total. The topological polar surface area (TPSA) is 92.4 Å². The van der Waals surface area contributed by atoms with Gasteiger partial charge in [-0.3, -0.25) is 0 Å². The van der Waals surface area contributed by atoms with E-state index < -0.39 is 28.8 Å². The van der Waals surface area contributed by atoms with Crippen LogP contribution in [0.25, 0.3) is 0 Å². The first-order valence-corrected chi connectivity index (χ1v) is 6.63. The number of nitrogens with two attached hydrogens (primary N) is 1. The van der Waals surface area contributed by atoms with E-state index in [0.717, 1.165) is 0 Å². The van der Waals surface area contributed by atoms with Gasteiger partial charge in [0.05, 0.1) is 4.90 Å². The maximum atomic E-state index is 12.1. The van der Waals surface area contributed by atoms with Gasteiger partial charge in [0.2, 0.25) is 10.0 Å². The number of aliphatic hydroxyl groups excluding tert-OH is 1. The zero-order valence-electron chi connectivity index (χ0n) is 9.90. The van der Waals surface area contributed by atoms with Crippen molar-refractivity contribution in [3.05, 3.63) is 23.8 Å². The lowest BCUT2D eigenvalue weighted by atomic mass is 10.2. The molecule has 1 rings (SSSR count). The lowest BCUT2D eigenvalue weighted by Crippen LogP contribution is -2.40. The van der Waals surface area contributed by atoms with Gasteiger partial charge in [-0.25, -0.2) is 13.1 Å². The molecule has 9 heteroatoms. The van der Waals surface area contributed by atoms with Crippen LogP contribution in [0.3, 0.4) is 0 Å². The number of halogens is 3. The van der Waals surface area contributed by atoms with Crippen molar-refractivity contribution in [2.75, 3.05) is 12.3 Å². The van der Waals surface area contributed by atoms with Crippen LogP contribution < -0.4 is 10.5 Å². The summed E-state index contributed by atoms with van der Waals surface area (Å²) in [5.41, 5.74) is 5.96. The number of sulfonamides is 1. The van der Waals surface area contributed by atoms with Gasteiger partial charge in [-0.05, 0) is 24.6 Å². The van der Waals surface area contributed by atoms with Crippen LogP contribution in [0.4, 0.5) is 18.9 Å². The van der Waals surface area contributed by atoms with Crippen molar-refractivity contribution in [2.24, 2.45) is 0 Å². The molecular weight excluding hydrogens is 285 g/mol. The third-order valence-corrected chi connectivity index (χ3v) is 4.03. The van der Waals surface area contributed by atoms with Gasteiger partial charge < -0.3 is 10.8 Å². The summed E-state index contributed by atoms with van der Waals surface area (Å²) in [6, 6.07) is 4.06. The van der Waals surface area contributed by atoms with Gasteiger partial charge in [-0.15, -0.1) is 0 Å². The quantitative estimate of drug-likeness (QED) is 0.716. The number of hydrogen-bond acceptors (Lipinski definition) is 4. The summed E-state index contributed by atoms with van der Waals surface area (Å²) in [5, 5.41) is 8.74. The van der Waals surface area contributed by atoms with Crippen molar-refractivity contribution in [3.63, 3.8) is 0 Å². The molecule has 1 aromatic carbocycles. The number of benzene rings is 1. The van der Waals surface area contributed by atoms with E-state index in [4.69, 9.17) is 10.8 Å². The van der Waals surface area contributed by atoms with Crippen LogP contribution in [-0.2, 0) is 10.0 Å². The van der Waals surface area contributed by atoms with Gasteiger partial charge in [-0.2, -0.15) is 13.2 Å². The molecule has 0 fully saturated rings. The third-order valence-electron chi connectivity index (χ3n) is 2.46. The Morgan fingerprint density at radius 1 is 1.42 bits per heavy atom. The number of nitrogens with one attached hydrogen (secondary N) is 1. The number of alkyl halides is 3. The van der Waals surface area contributed by atoms with Gasteiger partial charge >= 0.3 is 6.18 Å². The summed E-state index contributed by atoms with van der Waals surface area (Å²) in [6.07, 6.45) is -7.64. The van der Waals surface area contributed by atoms with Crippen LogP contribution in [0.1, 0.15) is 5.56 Å². The van der Waals surface area contributed by atoms with Gasteiger partial charge in [0.1, 0.15) is 0 Å². The fraction of sp³-hybridized carbons (Fsp3) is 0.400. The second-order valence-electron chi connectivity index (χ2n) is 3.88. The average Bonchev–Trinajstić information content (AvgIpc) is 2.28. The fourth-order valence-corrected chi connectivity index (χ4v) is 2.62. The number of nitrogen functional groups attached to an aromatic ring is 1. The molecule has 0 radical (unpaired) electrons. The lowest BCUT2D eigenvalue weighted by molar-refractivity contribution is -0.200. The number of hydrogen-bond donors (Lipinski definition) is 3. The van der Waals surface area contributed by atoms with Crippen LogP contribution in [0.5, 0.6) is 0 Å². The first kappa shape index (κ1) is 15.7. The zero-order valence-corrected chi connectivity index (χ0v) is 10.7. The summed E-state index contributed by atoms with van der Waals surface area (Å²) in [5.74, 6) is 0. The van der Waals surface area contributed by atoms with Crippen LogP contribution in [0.15, 0.2) is 23.1 Å². The minimum absolute atomic E-state index is 0.208. The highest BCUT2D eigenvalue weighted by atomic mass is 32.2. The predicted molar refractivity (Wildman–Crippen MR) is 62.8 cm³/mol. The van der Waals surface area contributed by atoms with E-state index in [-0.39, 0.29) is 16.1 Å². The van der Waals surface area contributed by atoms with Gasteiger partial charge in [-0.1, -0.05) is 6.07 Å². The summed E-state index contributed by atoms with van der Waals surface area (Å²) in [7, 11) is -4.16. The van der Waals surface area contributed by atoms with Crippen LogP contribution in [0, 0.1) is 6.92 Å². The standard InChI is InChI=1S/C10H13F3N2O3S/c1-6-7(14)3-2-4-8(6)19(17,18)15-5-9(16)10(11,12)13/h2-4,9,15-16H,5,14H2,1H3. The lowest BCUT2D eigenvalue weighted by Gasteiger charge is -2.16. The second-order valence-corrected chi connectivity index (χ2v) is 5.62. The SMILES string of the molecule is Cc1c(N)cccc1S(=O)(=O)NCC(O)C(F)(F)F. The Morgan fingerprint density at radius 3 is 2.53 bits per heavy atom. The third kappa shape index (κ3) is 3.82. The van der Waals surface area contributed by atoms with E-state index >= 15 is 0 Å². The molecule has 0 saturated carbocycles. The first-order valence-electron chi connectivity index (χ1n) is 5.15. The molecular formula is C10H13F3N2O3S. The molecule has 0 spiro atoms. The molecule has 0 aliphatic heterocycles. The van der Waals surface area contributed by atoms with Gasteiger partial charge in [0.25, 0.3) is 0 Å². The highest BCUT2D eigenvalue weighted by Gasteiger charge is 2.38. The van der Waals surface area contributed by atoms with Gasteiger partial charge in [0.15, 0.2) is 6.10 Å². The first-order chi connectivity index (χ1) is 8.55. The number of aliphatic hydroxyl groups is 1. The van der Waals surface area contributed by atoms with Crippen LogP contribution in [0.2, 0.25) is 0 Å². The maximum Gasteiger partial charge on any atom is 0.415 e. The Bertz CT molecular complexity index is 558. The Labute approximate surface area is 108 Å². The van der Waals surface area contributed by atoms with Crippen LogP contribution in [-0.4, -0.2) is 32.3 Å². The molecule has 0 amide bonds. The van der Waals surface area contributed by atoms with Crippen molar-refractivity contribution in [2.45, 2.75) is 24.1 Å². The highest BCUT2D eigenvalue weighted by Crippen LogP contribution is 2.22. The van der Waals surface area contributed by atoms with E-state index in [1.54, 1.807) is 4.72 Å². The summed E-state index contributed by atoms with van der Waals surface area (Å²) >= 11 is 0. The minimum atomic E-state index is -4.88. The minimum Gasteiger partial charge on any atom is -0.398 e. The fourth-order valence-electron chi connectivity index (χ4n) is 1.30. The van der Waals surface area contributed by atoms with Crippen LogP contribution >= 0.6 is 0 Å². The number of anilines is 1. The molecule has 1 aromatic rings. The summed E-state index contributed by atoms with van der Waals surface area (Å²) < 4.78 is 61.5. The van der Waals surface area contributed by atoms with Crippen molar-refractivity contribution in [1.29, 1.82) is 0 Å². The monoisotopic (exact) mass is 298 g/mol. The smallest absolute Gasteiger partial charge is 0.398 e. The normalized spacial score (nSPS) is 14.4. The predicted octanol–water partition coefficient (Wildman–Crippen LogP) is 0.779. The Hall–Kier alpha value is -1.32. The number of rotatable bonds is 4. The van der Waals surface area contributed by atoms with E-state index in [2.05, 4.69) is 0 Å². The second kappa shape index (κ2) is 5.35. The van der Waals surface area contributed by atoms with Crippen molar-refractivity contribution < 1.29 is 26.7 Å². The molecule has 1 unspecified atom stereocenters. The molecule has 0 aliphatic carbocycles. The van der Waals surface area contributed by atoms with Crippen molar-refractivity contribution in [3.8, 4) is 0 Å². The molecule has 0 saturated heterocycles. The summed E-state index contributed by atoms with van der Waals surface area (Å²) in [4.78, 5) is -0.220. The Kier molecular flexibility index (Phi) is 4.43. The van der Waals surface area contributed by atoms with E-state index in [1.165, 1.54) is 25.1 Å².